The first-order valence-corrected chi connectivity index (χ1v) is 6.08. The lowest BCUT2D eigenvalue weighted by atomic mass is 9.92. The Bertz CT molecular complexity index is 449. The van der Waals surface area contributed by atoms with Crippen LogP contribution in [-0.2, 0) is 4.79 Å². The smallest absolute Gasteiger partial charge is 0.226 e. The van der Waals surface area contributed by atoms with Gasteiger partial charge in [-0.3, -0.25) is 4.79 Å². The van der Waals surface area contributed by atoms with Gasteiger partial charge in [-0.25, -0.2) is 4.98 Å². The van der Waals surface area contributed by atoms with Gasteiger partial charge >= 0.3 is 0 Å². The summed E-state index contributed by atoms with van der Waals surface area (Å²) in [6.45, 7) is 5.84. The fraction of sp³-hybridized carbons (Fsp3) is 0.500. The van der Waals surface area contributed by atoms with Crippen molar-refractivity contribution in [3.05, 3.63) is 11.1 Å². The normalized spacial score (nSPS) is 10.6. The lowest BCUT2D eigenvalue weighted by Crippen LogP contribution is -2.19. The molecule has 0 aliphatic rings. The molecule has 0 bridgehead atoms. The van der Waals surface area contributed by atoms with Gasteiger partial charge in [-0.1, -0.05) is 43.9 Å². The van der Waals surface area contributed by atoms with Gasteiger partial charge in [0.15, 0.2) is 5.13 Å². The van der Waals surface area contributed by atoms with Crippen molar-refractivity contribution in [3.63, 3.8) is 0 Å². The second-order valence-electron chi connectivity index (χ2n) is 4.78. The summed E-state index contributed by atoms with van der Waals surface area (Å²) in [6.07, 6.45) is 2.03. The van der Waals surface area contributed by atoms with Gasteiger partial charge in [-0.05, 0) is 5.41 Å². The zero-order chi connectivity index (χ0) is 12.9. The molecule has 92 valence electrons. The van der Waals surface area contributed by atoms with Crippen LogP contribution in [0.3, 0.4) is 0 Å². The molecule has 17 heavy (non-hydrogen) atoms. The fourth-order valence-corrected chi connectivity index (χ4v) is 1.87. The van der Waals surface area contributed by atoms with Crippen molar-refractivity contribution in [2.75, 3.05) is 11.9 Å². The molecule has 2 N–H and O–H groups in total. The molecule has 1 aromatic rings. The van der Waals surface area contributed by atoms with Crippen LogP contribution in [-0.4, -0.2) is 22.6 Å². The number of aliphatic hydroxyl groups is 1. The van der Waals surface area contributed by atoms with Crippen molar-refractivity contribution < 1.29 is 9.90 Å². The second kappa shape index (κ2) is 5.80. The molecule has 0 atom stereocenters. The third-order valence-corrected chi connectivity index (χ3v) is 2.56. The summed E-state index contributed by atoms with van der Waals surface area (Å²) in [5.74, 6) is 5.23. The molecule has 0 saturated heterocycles. The Morgan fingerprint density at radius 3 is 2.88 bits per heavy atom. The van der Waals surface area contributed by atoms with Gasteiger partial charge in [-0.15, -0.1) is 0 Å². The Balaban J connectivity index is 2.58. The fourth-order valence-electron chi connectivity index (χ4n) is 1.16. The molecule has 0 fully saturated rings. The molecule has 0 aromatic carbocycles. The summed E-state index contributed by atoms with van der Waals surface area (Å²) in [7, 11) is 0. The Morgan fingerprint density at radius 1 is 1.59 bits per heavy atom. The summed E-state index contributed by atoms with van der Waals surface area (Å²) < 4.78 is 0. The van der Waals surface area contributed by atoms with E-state index in [9.17, 15) is 4.79 Å². The largest absolute Gasteiger partial charge is 0.384 e. The van der Waals surface area contributed by atoms with E-state index in [1.807, 2.05) is 20.8 Å². The summed E-state index contributed by atoms with van der Waals surface area (Å²) in [5.41, 5.74) is -0.0408. The van der Waals surface area contributed by atoms with Crippen molar-refractivity contribution >= 4 is 22.4 Å². The molecule has 1 aromatic heterocycles. The van der Waals surface area contributed by atoms with Crippen LogP contribution in [0, 0.1) is 17.3 Å². The van der Waals surface area contributed by atoms with E-state index in [1.165, 1.54) is 11.3 Å². The molecule has 1 rings (SSSR count). The van der Waals surface area contributed by atoms with E-state index in [0.29, 0.717) is 11.6 Å². The van der Waals surface area contributed by atoms with Gasteiger partial charge in [0.05, 0.1) is 11.1 Å². The molecule has 0 radical (unpaired) electrons. The highest BCUT2D eigenvalue weighted by molar-refractivity contribution is 7.16. The number of anilines is 1. The summed E-state index contributed by atoms with van der Waals surface area (Å²) >= 11 is 1.30. The lowest BCUT2D eigenvalue weighted by molar-refractivity contribution is -0.117. The number of amides is 1. The van der Waals surface area contributed by atoms with Crippen LogP contribution in [0.2, 0.25) is 0 Å². The maximum atomic E-state index is 11.6. The maximum Gasteiger partial charge on any atom is 0.226 e. The van der Waals surface area contributed by atoms with Crippen LogP contribution in [0.25, 0.3) is 0 Å². The van der Waals surface area contributed by atoms with Crippen molar-refractivity contribution in [1.82, 2.24) is 4.98 Å². The van der Waals surface area contributed by atoms with Crippen LogP contribution >= 0.6 is 11.3 Å². The number of rotatable bonds is 2. The van der Waals surface area contributed by atoms with Crippen LogP contribution in [0.15, 0.2) is 6.20 Å². The number of hydrogen-bond acceptors (Lipinski definition) is 4. The molecule has 5 heteroatoms. The number of aromatic nitrogens is 1. The zero-order valence-corrected chi connectivity index (χ0v) is 11.0. The first-order valence-electron chi connectivity index (χ1n) is 5.26. The molecule has 1 heterocycles. The quantitative estimate of drug-likeness (QED) is 0.790. The Hall–Kier alpha value is -1.38. The van der Waals surface area contributed by atoms with E-state index in [1.54, 1.807) is 6.20 Å². The van der Waals surface area contributed by atoms with Gasteiger partial charge in [0.2, 0.25) is 5.91 Å². The summed E-state index contributed by atoms with van der Waals surface area (Å²) in [4.78, 5) is 16.4. The third-order valence-electron chi connectivity index (χ3n) is 1.73. The first kappa shape index (κ1) is 13.7. The molecular weight excluding hydrogens is 236 g/mol. The number of carbonyl (C=O) groups excluding carboxylic acids is 1. The van der Waals surface area contributed by atoms with Crippen molar-refractivity contribution in [2.45, 2.75) is 27.2 Å². The average molecular weight is 252 g/mol. The Kier molecular flexibility index (Phi) is 4.67. The van der Waals surface area contributed by atoms with Crippen LogP contribution < -0.4 is 5.32 Å². The van der Waals surface area contributed by atoms with E-state index < -0.39 is 0 Å². The Morgan fingerprint density at radius 2 is 2.29 bits per heavy atom. The van der Waals surface area contributed by atoms with E-state index in [0.717, 1.165) is 4.88 Å². The van der Waals surface area contributed by atoms with Gasteiger partial charge in [-0.2, -0.15) is 0 Å². The summed E-state index contributed by atoms with van der Waals surface area (Å²) in [6, 6.07) is 0. The van der Waals surface area contributed by atoms with Gasteiger partial charge in [0.25, 0.3) is 0 Å². The van der Waals surface area contributed by atoms with Crippen LogP contribution in [0.4, 0.5) is 5.13 Å². The van der Waals surface area contributed by atoms with Crippen molar-refractivity contribution in [2.24, 2.45) is 5.41 Å². The number of carbonyl (C=O) groups is 1. The SMILES string of the molecule is CC(C)(C)CC(=O)Nc1ncc(C#CCO)s1. The Labute approximate surface area is 105 Å². The molecule has 1 amide bonds. The standard InChI is InChI=1S/C12H16N2O2S/c1-12(2,3)7-10(16)14-11-13-8-9(17-11)5-4-6-15/h8,15H,6-7H2,1-3H3,(H,13,14,16). The van der Waals surface area contributed by atoms with E-state index in [4.69, 9.17) is 5.11 Å². The molecule has 4 nitrogen and oxygen atoms in total. The maximum absolute atomic E-state index is 11.6. The van der Waals surface area contributed by atoms with Crippen molar-refractivity contribution in [1.29, 1.82) is 0 Å². The highest BCUT2D eigenvalue weighted by Crippen LogP contribution is 2.21. The van der Waals surface area contributed by atoms with E-state index in [-0.39, 0.29) is 17.9 Å². The molecule has 0 unspecified atom stereocenters. The molecular formula is C12H16N2O2S. The minimum Gasteiger partial charge on any atom is -0.384 e. The first-order chi connectivity index (χ1) is 7.90. The van der Waals surface area contributed by atoms with Crippen LogP contribution in [0.1, 0.15) is 32.1 Å². The number of nitrogens with zero attached hydrogens (tertiary/aromatic N) is 1. The van der Waals surface area contributed by atoms with E-state index in [2.05, 4.69) is 22.1 Å². The molecule has 0 saturated carbocycles. The van der Waals surface area contributed by atoms with Crippen LogP contribution in [0.5, 0.6) is 0 Å². The summed E-state index contributed by atoms with van der Waals surface area (Å²) in [5, 5.41) is 11.8. The minimum atomic E-state index is -0.177. The topological polar surface area (TPSA) is 62.2 Å². The average Bonchev–Trinajstić information content (AvgIpc) is 2.59. The molecule has 0 aliphatic carbocycles. The predicted molar refractivity (Wildman–Crippen MR) is 68.8 cm³/mol. The number of aliphatic hydroxyl groups excluding tert-OH is 1. The lowest BCUT2D eigenvalue weighted by Gasteiger charge is -2.16. The molecule has 0 spiro atoms. The molecule has 0 aliphatic heterocycles. The van der Waals surface area contributed by atoms with Gasteiger partial charge in [0.1, 0.15) is 6.61 Å². The zero-order valence-electron chi connectivity index (χ0n) is 10.2. The highest BCUT2D eigenvalue weighted by Gasteiger charge is 2.16. The van der Waals surface area contributed by atoms with E-state index >= 15 is 0 Å². The number of nitrogens with one attached hydrogen (secondary N) is 1. The monoisotopic (exact) mass is 252 g/mol. The highest BCUT2D eigenvalue weighted by atomic mass is 32.1. The number of hydrogen-bond donors (Lipinski definition) is 2. The van der Waals surface area contributed by atoms with Gasteiger partial charge in [0, 0.05) is 6.42 Å². The van der Waals surface area contributed by atoms with Crippen molar-refractivity contribution in [3.8, 4) is 11.8 Å². The number of thiazole rings is 1. The second-order valence-corrected chi connectivity index (χ2v) is 5.81. The predicted octanol–water partition coefficient (Wildman–Crippen LogP) is 1.86. The minimum absolute atomic E-state index is 0.0408. The van der Waals surface area contributed by atoms with Gasteiger partial charge < -0.3 is 10.4 Å². The third kappa shape index (κ3) is 5.48.